The molecule has 0 radical (unpaired) electrons. The molecule has 0 aromatic heterocycles. The Morgan fingerprint density at radius 3 is 2.42 bits per heavy atom. The lowest BCUT2D eigenvalue weighted by Gasteiger charge is -2.10. The molecule has 0 aliphatic carbocycles. The van der Waals surface area contributed by atoms with Gasteiger partial charge in [0.15, 0.2) is 0 Å². The maximum Gasteiger partial charge on any atom is 0.336 e. The maximum absolute atomic E-state index is 11.3. The van der Waals surface area contributed by atoms with Gasteiger partial charge in [-0.25, -0.2) is 4.79 Å². The van der Waals surface area contributed by atoms with Crippen molar-refractivity contribution in [2.45, 2.75) is 26.7 Å². The highest BCUT2D eigenvalue weighted by molar-refractivity contribution is 5.97. The van der Waals surface area contributed by atoms with Gasteiger partial charge in [-0.1, -0.05) is 13.8 Å². The van der Waals surface area contributed by atoms with Crippen molar-refractivity contribution < 1.29 is 19.6 Å². The third-order valence-electron chi connectivity index (χ3n) is 2.64. The molecule has 0 saturated heterocycles. The van der Waals surface area contributed by atoms with E-state index in [9.17, 15) is 19.7 Å². The van der Waals surface area contributed by atoms with E-state index in [-0.39, 0.29) is 41.3 Å². The summed E-state index contributed by atoms with van der Waals surface area (Å²) >= 11 is 0. The van der Waals surface area contributed by atoms with E-state index in [0.29, 0.717) is 0 Å². The number of benzene rings is 1. The van der Waals surface area contributed by atoms with Crippen molar-refractivity contribution in [2.24, 2.45) is 0 Å². The molecule has 2 N–H and O–H groups in total. The van der Waals surface area contributed by atoms with E-state index in [4.69, 9.17) is 5.11 Å². The standard InChI is InChI=1S/C12H14N2O5/c1-3-7-8(12(16)17)5-6-9(11(7)14(18)19)13-10(15)4-2/h5-6H,3-4H2,1-2H3,(H,13,15)(H,16,17). The fourth-order valence-electron chi connectivity index (χ4n) is 1.74. The summed E-state index contributed by atoms with van der Waals surface area (Å²) in [7, 11) is 0. The number of hydrogen-bond donors (Lipinski definition) is 2. The number of anilines is 1. The monoisotopic (exact) mass is 266 g/mol. The highest BCUT2D eigenvalue weighted by atomic mass is 16.6. The Balaban J connectivity index is 3.45. The molecule has 1 aromatic carbocycles. The van der Waals surface area contributed by atoms with E-state index in [1.54, 1.807) is 13.8 Å². The second kappa shape index (κ2) is 5.94. The number of nitro benzene ring substituents is 1. The number of rotatable bonds is 5. The first-order valence-corrected chi connectivity index (χ1v) is 5.75. The normalized spacial score (nSPS) is 10.0. The van der Waals surface area contributed by atoms with Crippen LogP contribution in [0, 0.1) is 10.1 Å². The van der Waals surface area contributed by atoms with Crippen molar-refractivity contribution in [3.05, 3.63) is 33.4 Å². The zero-order chi connectivity index (χ0) is 14.6. The first-order chi connectivity index (χ1) is 8.92. The molecule has 0 bridgehead atoms. The summed E-state index contributed by atoms with van der Waals surface area (Å²) in [5, 5.41) is 22.5. The Morgan fingerprint density at radius 2 is 2.00 bits per heavy atom. The Hall–Kier alpha value is -2.44. The molecule has 0 fully saturated rings. The maximum atomic E-state index is 11.3. The molecule has 0 heterocycles. The van der Waals surface area contributed by atoms with Crippen molar-refractivity contribution in [1.29, 1.82) is 0 Å². The minimum atomic E-state index is -1.23. The van der Waals surface area contributed by atoms with Crippen LogP contribution in [0.1, 0.15) is 36.2 Å². The predicted octanol–water partition coefficient (Wildman–Crippen LogP) is 2.20. The van der Waals surface area contributed by atoms with Gasteiger partial charge in [0, 0.05) is 12.0 Å². The number of carboxylic acid groups (broad SMARTS) is 1. The molecule has 0 saturated carbocycles. The van der Waals surface area contributed by atoms with Gasteiger partial charge in [0.1, 0.15) is 5.69 Å². The minimum absolute atomic E-state index is 0.0266. The fourth-order valence-corrected chi connectivity index (χ4v) is 1.74. The molecule has 7 nitrogen and oxygen atoms in total. The summed E-state index contributed by atoms with van der Waals surface area (Å²) in [5.74, 6) is -1.60. The van der Waals surface area contributed by atoms with Gasteiger partial charge in [0.25, 0.3) is 5.69 Å². The number of nitrogens with zero attached hydrogens (tertiary/aromatic N) is 1. The van der Waals surface area contributed by atoms with E-state index < -0.39 is 10.9 Å². The fraction of sp³-hybridized carbons (Fsp3) is 0.333. The number of carboxylic acids is 1. The summed E-state index contributed by atoms with van der Waals surface area (Å²) in [6, 6.07) is 2.51. The first kappa shape index (κ1) is 14.6. The van der Waals surface area contributed by atoms with E-state index in [2.05, 4.69) is 5.32 Å². The van der Waals surface area contributed by atoms with E-state index in [1.165, 1.54) is 12.1 Å². The van der Waals surface area contributed by atoms with Crippen LogP contribution in [0.25, 0.3) is 0 Å². The van der Waals surface area contributed by atoms with Gasteiger partial charge in [0.2, 0.25) is 5.91 Å². The number of nitro groups is 1. The van der Waals surface area contributed by atoms with Gasteiger partial charge in [0.05, 0.1) is 10.5 Å². The van der Waals surface area contributed by atoms with Gasteiger partial charge in [-0.05, 0) is 18.6 Å². The van der Waals surface area contributed by atoms with Crippen LogP contribution in [0.5, 0.6) is 0 Å². The molecule has 19 heavy (non-hydrogen) atoms. The van der Waals surface area contributed by atoms with Gasteiger partial charge in [-0.3, -0.25) is 14.9 Å². The summed E-state index contributed by atoms with van der Waals surface area (Å²) in [5.41, 5.74) is -0.349. The molecule has 1 amide bonds. The Labute approximate surface area is 109 Å². The third kappa shape index (κ3) is 3.06. The third-order valence-corrected chi connectivity index (χ3v) is 2.64. The molecule has 0 unspecified atom stereocenters. The first-order valence-electron chi connectivity index (χ1n) is 5.75. The van der Waals surface area contributed by atoms with E-state index >= 15 is 0 Å². The number of hydrogen-bond acceptors (Lipinski definition) is 4. The summed E-state index contributed by atoms with van der Waals surface area (Å²) < 4.78 is 0. The highest BCUT2D eigenvalue weighted by Crippen LogP contribution is 2.32. The Bertz CT molecular complexity index is 539. The van der Waals surface area contributed by atoms with Crippen molar-refractivity contribution in [1.82, 2.24) is 0 Å². The molecule has 1 rings (SSSR count). The van der Waals surface area contributed by atoms with Crippen molar-refractivity contribution in [3.63, 3.8) is 0 Å². The molecule has 0 aliphatic heterocycles. The molecule has 7 heteroatoms. The van der Waals surface area contributed by atoms with Crippen molar-refractivity contribution in [3.8, 4) is 0 Å². The number of amides is 1. The molecular weight excluding hydrogens is 252 g/mol. The molecule has 102 valence electrons. The molecule has 0 atom stereocenters. The van der Waals surface area contributed by atoms with Gasteiger partial charge < -0.3 is 10.4 Å². The van der Waals surface area contributed by atoms with Crippen LogP contribution < -0.4 is 5.32 Å². The predicted molar refractivity (Wildman–Crippen MR) is 68.4 cm³/mol. The molecule has 1 aromatic rings. The van der Waals surface area contributed by atoms with Crippen LogP contribution in [-0.4, -0.2) is 21.9 Å². The zero-order valence-electron chi connectivity index (χ0n) is 10.6. The summed E-state index contributed by atoms with van der Waals surface area (Å²) in [6.45, 7) is 3.24. The van der Waals surface area contributed by atoms with Gasteiger partial charge in [-0.2, -0.15) is 0 Å². The topological polar surface area (TPSA) is 110 Å². The van der Waals surface area contributed by atoms with Gasteiger partial charge in [-0.15, -0.1) is 0 Å². The average molecular weight is 266 g/mol. The summed E-state index contributed by atoms with van der Waals surface area (Å²) in [6.07, 6.45) is 0.368. The quantitative estimate of drug-likeness (QED) is 0.627. The molecule has 0 aliphatic rings. The number of carbonyl (C=O) groups excluding carboxylic acids is 1. The summed E-state index contributed by atoms with van der Waals surface area (Å²) in [4.78, 5) is 32.8. The number of aromatic carboxylic acids is 1. The lowest BCUT2D eigenvalue weighted by Crippen LogP contribution is -2.14. The van der Waals surface area contributed by atoms with Crippen LogP contribution in [0.4, 0.5) is 11.4 Å². The van der Waals surface area contributed by atoms with Crippen LogP contribution in [-0.2, 0) is 11.2 Å². The number of carbonyl (C=O) groups is 2. The highest BCUT2D eigenvalue weighted by Gasteiger charge is 2.25. The Morgan fingerprint density at radius 1 is 1.37 bits per heavy atom. The van der Waals surface area contributed by atoms with Crippen LogP contribution in [0.2, 0.25) is 0 Å². The second-order valence-electron chi connectivity index (χ2n) is 3.81. The van der Waals surface area contributed by atoms with Crippen molar-refractivity contribution >= 4 is 23.3 Å². The zero-order valence-corrected chi connectivity index (χ0v) is 10.6. The largest absolute Gasteiger partial charge is 0.478 e. The molecule has 0 spiro atoms. The van der Waals surface area contributed by atoms with Crippen LogP contribution >= 0.6 is 0 Å². The Kier molecular flexibility index (Phi) is 4.57. The lowest BCUT2D eigenvalue weighted by molar-refractivity contribution is -0.384. The number of nitrogens with one attached hydrogen (secondary N) is 1. The average Bonchev–Trinajstić information content (AvgIpc) is 2.36. The molecular formula is C12H14N2O5. The SMILES string of the molecule is CCC(=O)Nc1ccc(C(=O)O)c(CC)c1[N+](=O)[O-]. The van der Waals surface area contributed by atoms with Crippen LogP contribution in [0.3, 0.4) is 0 Å². The van der Waals surface area contributed by atoms with Gasteiger partial charge >= 0.3 is 5.97 Å². The van der Waals surface area contributed by atoms with Crippen LogP contribution in [0.15, 0.2) is 12.1 Å². The minimum Gasteiger partial charge on any atom is -0.478 e. The van der Waals surface area contributed by atoms with E-state index in [1.807, 2.05) is 0 Å². The van der Waals surface area contributed by atoms with Crippen molar-refractivity contribution in [2.75, 3.05) is 5.32 Å². The van der Waals surface area contributed by atoms with E-state index in [0.717, 1.165) is 0 Å². The smallest absolute Gasteiger partial charge is 0.336 e. The lowest BCUT2D eigenvalue weighted by atomic mass is 10.0. The second-order valence-corrected chi connectivity index (χ2v) is 3.81.